The van der Waals surface area contributed by atoms with Crippen LogP contribution in [0.1, 0.15) is 12.1 Å². The van der Waals surface area contributed by atoms with Crippen molar-refractivity contribution in [1.82, 2.24) is 4.98 Å². The van der Waals surface area contributed by atoms with Gasteiger partial charge in [0.2, 0.25) is 5.67 Å². The number of aromatic nitrogens is 1. The minimum absolute atomic E-state index is 0.107. The Kier molecular flexibility index (Phi) is 2.92. The molecule has 0 spiro atoms. The van der Waals surface area contributed by atoms with E-state index in [-0.39, 0.29) is 16.4 Å². The maximum absolute atomic E-state index is 13.6. The largest absolute Gasteiger partial charge is 0.426 e. The first-order valence-electron chi connectivity index (χ1n) is 4.78. The summed E-state index contributed by atoms with van der Waals surface area (Å²) < 4.78 is 64.2. The lowest BCUT2D eigenvalue weighted by Gasteiger charge is -2.27. The molecule has 1 aliphatic rings. The molecule has 2 nitrogen and oxygen atoms in total. The number of allylic oxidation sites excluding steroid dienone is 4. The van der Waals surface area contributed by atoms with Crippen molar-refractivity contribution in [2.75, 3.05) is 5.73 Å². The molecule has 0 radical (unpaired) electrons. The first kappa shape index (κ1) is 13.0. The van der Waals surface area contributed by atoms with E-state index in [1.807, 2.05) is 0 Å². The zero-order chi connectivity index (χ0) is 13.6. The van der Waals surface area contributed by atoms with Crippen LogP contribution in [0.15, 0.2) is 23.4 Å². The highest BCUT2D eigenvalue weighted by molar-refractivity contribution is 7.13. The fourth-order valence-corrected chi connectivity index (χ4v) is 2.08. The van der Waals surface area contributed by atoms with Gasteiger partial charge in [0.25, 0.3) is 0 Å². The number of nitrogen functional groups attached to an aromatic ring is 1. The molecule has 1 aromatic rings. The lowest BCUT2D eigenvalue weighted by atomic mass is 9.91. The van der Waals surface area contributed by atoms with Crippen LogP contribution in [-0.2, 0) is 0 Å². The predicted octanol–water partition coefficient (Wildman–Crippen LogP) is 3.64. The molecule has 8 heteroatoms. The molecule has 1 aliphatic carbocycles. The van der Waals surface area contributed by atoms with Gasteiger partial charge in [-0.2, -0.15) is 13.2 Å². The van der Waals surface area contributed by atoms with Crippen molar-refractivity contribution >= 4 is 22.0 Å². The van der Waals surface area contributed by atoms with E-state index in [4.69, 9.17) is 5.73 Å². The highest BCUT2D eigenvalue weighted by Gasteiger charge is 2.55. The van der Waals surface area contributed by atoms with Crippen molar-refractivity contribution in [1.29, 1.82) is 0 Å². The Morgan fingerprint density at radius 1 is 1.39 bits per heavy atom. The van der Waals surface area contributed by atoms with Crippen LogP contribution < -0.4 is 5.73 Å². The summed E-state index contributed by atoms with van der Waals surface area (Å²) in [6, 6.07) is 0. The second kappa shape index (κ2) is 4.04. The summed E-state index contributed by atoms with van der Waals surface area (Å²) in [7, 11) is 0. The Labute approximate surface area is 103 Å². The summed E-state index contributed by atoms with van der Waals surface area (Å²) in [5.41, 5.74) is 1.61. The highest BCUT2D eigenvalue weighted by Crippen LogP contribution is 2.45. The summed E-state index contributed by atoms with van der Waals surface area (Å²) >= 11 is 1.02. The van der Waals surface area contributed by atoms with Crippen LogP contribution in [0.4, 0.5) is 27.1 Å². The Hall–Kier alpha value is -1.44. The van der Waals surface area contributed by atoms with E-state index < -0.39 is 24.1 Å². The first-order chi connectivity index (χ1) is 8.23. The predicted molar refractivity (Wildman–Crippen MR) is 58.2 cm³/mol. The van der Waals surface area contributed by atoms with Gasteiger partial charge in [-0.25, -0.2) is 13.8 Å². The molecule has 2 rings (SSSR count). The van der Waals surface area contributed by atoms with Gasteiger partial charge in [-0.1, -0.05) is 6.08 Å². The summed E-state index contributed by atoms with van der Waals surface area (Å²) in [6.45, 7) is 0. The molecule has 1 aromatic heterocycles. The Balaban J connectivity index is 2.34. The third-order valence-electron chi connectivity index (χ3n) is 2.49. The minimum atomic E-state index is -5.15. The van der Waals surface area contributed by atoms with Gasteiger partial charge in [-0.15, -0.1) is 11.3 Å². The van der Waals surface area contributed by atoms with Crippen LogP contribution >= 0.6 is 11.3 Å². The molecular formula is C10H7F5N2S. The maximum atomic E-state index is 13.6. The van der Waals surface area contributed by atoms with Crippen molar-refractivity contribution in [3.8, 4) is 0 Å². The van der Waals surface area contributed by atoms with E-state index in [2.05, 4.69) is 4.98 Å². The van der Waals surface area contributed by atoms with Crippen LogP contribution in [-0.4, -0.2) is 16.8 Å². The summed E-state index contributed by atoms with van der Waals surface area (Å²) in [5.74, 6) is -1.19. The summed E-state index contributed by atoms with van der Waals surface area (Å²) in [6.07, 6.45) is -5.46. The van der Waals surface area contributed by atoms with Crippen molar-refractivity contribution < 1.29 is 22.0 Å². The second-order valence-corrected chi connectivity index (χ2v) is 4.65. The van der Waals surface area contributed by atoms with E-state index >= 15 is 0 Å². The number of rotatable bonds is 1. The second-order valence-electron chi connectivity index (χ2n) is 3.76. The number of anilines is 1. The van der Waals surface area contributed by atoms with Gasteiger partial charge in [0.05, 0.1) is 5.69 Å². The Morgan fingerprint density at radius 2 is 2.06 bits per heavy atom. The average molecular weight is 282 g/mol. The lowest BCUT2D eigenvalue weighted by Crippen LogP contribution is -2.40. The number of thiazole rings is 1. The minimum Gasteiger partial charge on any atom is -0.375 e. The Morgan fingerprint density at radius 3 is 2.50 bits per heavy atom. The molecule has 18 heavy (non-hydrogen) atoms. The van der Waals surface area contributed by atoms with Gasteiger partial charge in [0.1, 0.15) is 5.83 Å². The van der Waals surface area contributed by atoms with Gasteiger partial charge < -0.3 is 5.73 Å². The molecule has 0 saturated carbocycles. The van der Waals surface area contributed by atoms with Crippen LogP contribution in [0.5, 0.6) is 0 Å². The zero-order valence-electron chi connectivity index (χ0n) is 8.76. The van der Waals surface area contributed by atoms with Gasteiger partial charge in [0.15, 0.2) is 5.13 Å². The van der Waals surface area contributed by atoms with Crippen molar-refractivity contribution in [2.24, 2.45) is 0 Å². The normalized spacial score (nSPS) is 24.7. The SMILES string of the molecule is Nc1nc(C2=C(F)CC(F)(C(F)(F)F)C=C2)cs1. The number of nitrogens with two attached hydrogens (primary N) is 1. The zero-order valence-corrected chi connectivity index (χ0v) is 9.58. The van der Waals surface area contributed by atoms with Crippen LogP contribution in [0, 0.1) is 0 Å². The molecule has 98 valence electrons. The molecule has 0 aliphatic heterocycles. The van der Waals surface area contributed by atoms with E-state index in [0.29, 0.717) is 6.08 Å². The molecular weight excluding hydrogens is 275 g/mol. The fraction of sp³-hybridized carbons (Fsp3) is 0.300. The molecule has 2 N–H and O–H groups in total. The smallest absolute Gasteiger partial charge is 0.375 e. The molecule has 1 unspecified atom stereocenters. The third kappa shape index (κ3) is 2.12. The number of hydrogen-bond donors (Lipinski definition) is 1. The number of alkyl halides is 4. The summed E-state index contributed by atoms with van der Waals surface area (Å²) in [5, 5.41) is 1.56. The molecule has 1 atom stereocenters. The molecule has 1 heterocycles. The van der Waals surface area contributed by atoms with E-state index in [1.165, 1.54) is 5.38 Å². The Bertz CT molecular complexity index is 531. The van der Waals surface area contributed by atoms with E-state index in [9.17, 15) is 22.0 Å². The third-order valence-corrected chi connectivity index (χ3v) is 3.16. The molecule has 0 aromatic carbocycles. The van der Waals surface area contributed by atoms with Gasteiger partial charge in [-0.05, 0) is 6.08 Å². The monoisotopic (exact) mass is 282 g/mol. The van der Waals surface area contributed by atoms with Crippen LogP contribution in [0.3, 0.4) is 0 Å². The molecule has 0 bridgehead atoms. The average Bonchev–Trinajstić information content (AvgIpc) is 2.63. The van der Waals surface area contributed by atoms with Gasteiger partial charge in [0, 0.05) is 17.4 Å². The van der Waals surface area contributed by atoms with E-state index in [1.54, 1.807) is 0 Å². The van der Waals surface area contributed by atoms with Gasteiger partial charge >= 0.3 is 6.18 Å². The number of halogens is 5. The van der Waals surface area contributed by atoms with Crippen LogP contribution in [0.2, 0.25) is 0 Å². The lowest BCUT2D eigenvalue weighted by molar-refractivity contribution is -0.212. The molecule has 0 amide bonds. The van der Waals surface area contributed by atoms with Crippen LogP contribution in [0.25, 0.3) is 5.57 Å². The summed E-state index contributed by atoms with van der Waals surface area (Å²) in [4.78, 5) is 3.74. The number of nitrogens with zero attached hydrogens (tertiary/aromatic N) is 1. The van der Waals surface area contributed by atoms with Crippen molar-refractivity contribution in [3.63, 3.8) is 0 Å². The first-order valence-corrected chi connectivity index (χ1v) is 5.66. The van der Waals surface area contributed by atoms with E-state index in [0.717, 1.165) is 17.4 Å². The van der Waals surface area contributed by atoms with Gasteiger partial charge in [-0.3, -0.25) is 0 Å². The fourth-order valence-electron chi connectivity index (χ4n) is 1.52. The molecule has 0 fully saturated rings. The molecule has 0 saturated heterocycles. The highest BCUT2D eigenvalue weighted by atomic mass is 32.1. The standard InChI is InChI=1S/C10H7F5N2S/c11-6-3-9(12,10(13,14)15)2-1-5(6)7-4-18-8(16)17-7/h1-2,4H,3H2,(H2,16,17). The number of hydrogen-bond acceptors (Lipinski definition) is 3. The van der Waals surface area contributed by atoms with Crippen molar-refractivity contribution in [2.45, 2.75) is 18.3 Å². The maximum Gasteiger partial charge on any atom is 0.426 e. The topological polar surface area (TPSA) is 38.9 Å². The van der Waals surface area contributed by atoms with Crippen molar-refractivity contribution in [3.05, 3.63) is 29.1 Å². The quantitative estimate of drug-likeness (QED) is 0.799.